The smallest absolute Gasteiger partial charge is 0.259 e. The third-order valence-electron chi connectivity index (χ3n) is 4.67. The van der Waals surface area contributed by atoms with Crippen LogP contribution in [0.15, 0.2) is 42.9 Å². The van der Waals surface area contributed by atoms with Crippen molar-refractivity contribution >= 4 is 17.1 Å². The molecule has 3 heterocycles. The van der Waals surface area contributed by atoms with E-state index in [1.165, 1.54) is 36.2 Å². The van der Waals surface area contributed by atoms with Gasteiger partial charge in [0, 0.05) is 11.3 Å². The standard InChI is InChI=1S/C20H17F3N6O2/c1-11-5-15(21)13(17-9-28(27-26-17)10-19(22)23)6-16(11)25-20(30)14-7-24-29-8-12(31-2)3-4-18(14)29/h3-9,19H,10H2,1-2H3,(H,25,30). The Bertz CT molecular complexity index is 1270. The number of amides is 1. The van der Waals surface area contributed by atoms with Crippen molar-refractivity contribution in [3.8, 4) is 17.0 Å². The van der Waals surface area contributed by atoms with E-state index < -0.39 is 24.7 Å². The highest BCUT2D eigenvalue weighted by Crippen LogP contribution is 2.28. The molecule has 11 heteroatoms. The predicted octanol–water partition coefficient (Wildman–Crippen LogP) is 3.57. The number of carbonyl (C=O) groups is 1. The Morgan fingerprint density at radius 1 is 1.26 bits per heavy atom. The fraction of sp³-hybridized carbons (Fsp3) is 0.200. The highest BCUT2D eigenvalue weighted by Gasteiger charge is 2.18. The molecule has 1 N–H and O–H groups in total. The SMILES string of the molecule is COc1ccc2c(C(=O)Nc3cc(-c4cn(CC(F)F)nn4)c(F)cc3C)cnn2c1. The summed E-state index contributed by atoms with van der Waals surface area (Å²) in [7, 11) is 1.53. The lowest BCUT2D eigenvalue weighted by atomic mass is 10.1. The second-order valence-electron chi connectivity index (χ2n) is 6.77. The molecule has 1 aromatic carbocycles. The minimum absolute atomic E-state index is 0.0333. The predicted molar refractivity (Wildman–Crippen MR) is 106 cm³/mol. The summed E-state index contributed by atoms with van der Waals surface area (Å²) in [5.41, 5.74) is 1.82. The van der Waals surface area contributed by atoms with Crippen molar-refractivity contribution in [2.45, 2.75) is 19.9 Å². The van der Waals surface area contributed by atoms with Gasteiger partial charge in [-0.1, -0.05) is 5.21 Å². The van der Waals surface area contributed by atoms with Gasteiger partial charge in [-0.3, -0.25) is 4.79 Å². The van der Waals surface area contributed by atoms with Gasteiger partial charge in [-0.2, -0.15) is 5.10 Å². The third-order valence-corrected chi connectivity index (χ3v) is 4.67. The topological polar surface area (TPSA) is 86.3 Å². The van der Waals surface area contributed by atoms with Gasteiger partial charge in [-0.25, -0.2) is 22.4 Å². The molecular weight excluding hydrogens is 413 g/mol. The van der Waals surface area contributed by atoms with Crippen molar-refractivity contribution in [3.63, 3.8) is 0 Å². The molecule has 0 aliphatic heterocycles. The zero-order chi connectivity index (χ0) is 22.1. The number of methoxy groups -OCH3 is 1. The summed E-state index contributed by atoms with van der Waals surface area (Å²) >= 11 is 0. The molecule has 160 valence electrons. The molecule has 31 heavy (non-hydrogen) atoms. The molecule has 0 aliphatic carbocycles. The number of aromatic nitrogens is 5. The number of hydrogen-bond donors (Lipinski definition) is 1. The van der Waals surface area contributed by atoms with Crippen molar-refractivity contribution in [2.24, 2.45) is 0 Å². The zero-order valence-electron chi connectivity index (χ0n) is 16.5. The molecule has 0 spiro atoms. The number of carbonyl (C=O) groups excluding carboxylic acids is 1. The van der Waals surface area contributed by atoms with Crippen molar-refractivity contribution < 1.29 is 22.7 Å². The van der Waals surface area contributed by atoms with Crippen LogP contribution in [0.1, 0.15) is 15.9 Å². The van der Waals surface area contributed by atoms with Gasteiger partial charge in [0.15, 0.2) is 0 Å². The van der Waals surface area contributed by atoms with Crippen LogP contribution in [-0.4, -0.2) is 44.1 Å². The van der Waals surface area contributed by atoms with Crippen molar-refractivity contribution in [1.82, 2.24) is 24.6 Å². The van der Waals surface area contributed by atoms with Crippen LogP contribution in [0.4, 0.5) is 18.9 Å². The van der Waals surface area contributed by atoms with Gasteiger partial charge in [0.1, 0.15) is 23.8 Å². The highest BCUT2D eigenvalue weighted by atomic mass is 19.3. The first kappa shape index (κ1) is 20.4. The molecule has 1 amide bonds. The van der Waals surface area contributed by atoms with Gasteiger partial charge in [0.2, 0.25) is 0 Å². The maximum Gasteiger partial charge on any atom is 0.259 e. The number of aryl methyl sites for hydroxylation is 1. The fourth-order valence-corrected chi connectivity index (χ4v) is 3.11. The number of fused-ring (bicyclic) bond motifs is 1. The van der Waals surface area contributed by atoms with Crippen molar-refractivity contribution in [2.75, 3.05) is 12.4 Å². The molecule has 8 nitrogen and oxygen atoms in total. The number of rotatable bonds is 6. The molecule has 0 saturated carbocycles. The zero-order valence-corrected chi connectivity index (χ0v) is 16.5. The van der Waals surface area contributed by atoms with Crippen LogP contribution in [0.3, 0.4) is 0 Å². The Kier molecular flexibility index (Phi) is 5.32. The number of benzene rings is 1. The molecule has 0 radical (unpaired) electrons. The molecule has 4 rings (SSSR count). The maximum absolute atomic E-state index is 14.5. The van der Waals surface area contributed by atoms with Crippen LogP contribution in [-0.2, 0) is 6.54 Å². The van der Waals surface area contributed by atoms with Crippen molar-refractivity contribution in [1.29, 1.82) is 0 Å². The van der Waals surface area contributed by atoms with E-state index in [4.69, 9.17) is 4.74 Å². The van der Waals surface area contributed by atoms with E-state index in [9.17, 15) is 18.0 Å². The molecular formula is C20H17F3N6O2. The molecule has 0 aliphatic rings. The Balaban J connectivity index is 1.63. The van der Waals surface area contributed by atoms with Crippen LogP contribution in [0, 0.1) is 12.7 Å². The molecule has 0 atom stereocenters. The minimum Gasteiger partial charge on any atom is -0.495 e. The summed E-state index contributed by atoms with van der Waals surface area (Å²) in [6, 6.07) is 6.04. The number of ether oxygens (including phenoxy) is 1. The maximum atomic E-state index is 14.5. The van der Waals surface area contributed by atoms with E-state index >= 15 is 0 Å². The first-order chi connectivity index (χ1) is 14.9. The summed E-state index contributed by atoms with van der Waals surface area (Å²) in [5.74, 6) is -0.466. The van der Waals surface area contributed by atoms with Crippen LogP contribution in [0.2, 0.25) is 0 Å². The van der Waals surface area contributed by atoms with Gasteiger partial charge < -0.3 is 10.1 Å². The van der Waals surface area contributed by atoms with Gasteiger partial charge >= 0.3 is 0 Å². The molecule has 0 unspecified atom stereocenters. The average Bonchev–Trinajstić information content (AvgIpc) is 3.35. The Labute approximate surface area is 174 Å². The molecule has 4 aromatic rings. The lowest BCUT2D eigenvalue weighted by Gasteiger charge is -2.10. The number of pyridine rings is 1. The van der Waals surface area contributed by atoms with Gasteiger partial charge in [0.25, 0.3) is 12.3 Å². The molecule has 0 fully saturated rings. The van der Waals surface area contributed by atoms with E-state index in [1.54, 1.807) is 25.3 Å². The molecule has 3 aromatic heterocycles. The van der Waals surface area contributed by atoms with E-state index in [0.29, 0.717) is 28.1 Å². The quantitative estimate of drug-likeness (QED) is 0.506. The number of nitrogens with zero attached hydrogens (tertiary/aromatic N) is 5. The second kappa shape index (κ2) is 8.09. The summed E-state index contributed by atoms with van der Waals surface area (Å²) in [6.45, 7) is 0.987. The summed E-state index contributed by atoms with van der Waals surface area (Å²) < 4.78 is 47.2. The van der Waals surface area contributed by atoms with Crippen LogP contribution in [0.25, 0.3) is 16.8 Å². The summed E-state index contributed by atoms with van der Waals surface area (Å²) in [4.78, 5) is 12.8. The number of hydrogen-bond acceptors (Lipinski definition) is 5. The second-order valence-corrected chi connectivity index (χ2v) is 6.77. The normalized spacial score (nSPS) is 11.3. The van der Waals surface area contributed by atoms with Crippen molar-refractivity contribution in [3.05, 3.63) is 59.8 Å². The van der Waals surface area contributed by atoms with E-state index in [-0.39, 0.29) is 11.3 Å². The first-order valence-corrected chi connectivity index (χ1v) is 9.17. The fourth-order valence-electron chi connectivity index (χ4n) is 3.11. The van der Waals surface area contributed by atoms with E-state index in [0.717, 1.165) is 4.68 Å². The highest BCUT2D eigenvalue weighted by molar-refractivity contribution is 6.09. The number of nitrogens with one attached hydrogen (secondary N) is 1. The van der Waals surface area contributed by atoms with Crippen LogP contribution >= 0.6 is 0 Å². The monoisotopic (exact) mass is 430 g/mol. The largest absolute Gasteiger partial charge is 0.495 e. The summed E-state index contributed by atoms with van der Waals surface area (Å²) in [5, 5.41) is 14.2. The Morgan fingerprint density at radius 2 is 2.06 bits per heavy atom. The van der Waals surface area contributed by atoms with E-state index in [2.05, 4.69) is 20.7 Å². The average molecular weight is 430 g/mol. The van der Waals surface area contributed by atoms with Crippen LogP contribution in [0.5, 0.6) is 5.75 Å². The minimum atomic E-state index is -2.61. The van der Waals surface area contributed by atoms with Gasteiger partial charge in [-0.15, -0.1) is 5.10 Å². The first-order valence-electron chi connectivity index (χ1n) is 9.17. The number of anilines is 1. The van der Waals surface area contributed by atoms with E-state index in [1.807, 2.05) is 0 Å². The number of halogens is 3. The Morgan fingerprint density at radius 3 is 2.81 bits per heavy atom. The lowest BCUT2D eigenvalue weighted by Crippen LogP contribution is -2.13. The van der Waals surface area contributed by atoms with Crippen LogP contribution < -0.4 is 10.1 Å². The molecule has 0 saturated heterocycles. The summed E-state index contributed by atoms with van der Waals surface area (Å²) in [6.07, 6.45) is 1.66. The Hall–Kier alpha value is -3.89. The lowest BCUT2D eigenvalue weighted by molar-refractivity contribution is 0.102. The molecule has 0 bridgehead atoms. The van der Waals surface area contributed by atoms with Gasteiger partial charge in [0.05, 0.1) is 36.8 Å². The third kappa shape index (κ3) is 4.06. The van der Waals surface area contributed by atoms with Gasteiger partial charge in [-0.05, 0) is 36.8 Å². The number of alkyl halides is 2.